The Labute approximate surface area is 94.9 Å². The predicted octanol–water partition coefficient (Wildman–Crippen LogP) is -0.944. The zero-order chi connectivity index (χ0) is 13.1. The van der Waals surface area contributed by atoms with E-state index < -0.39 is 23.3 Å². The maximum Gasteiger partial charge on any atom is 0.333 e. The van der Waals surface area contributed by atoms with Crippen molar-refractivity contribution in [1.82, 2.24) is 0 Å². The summed E-state index contributed by atoms with van der Waals surface area (Å²) < 4.78 is 4.49. The summed E-state index contributed by atoms with van der Waals surface area (Å²) in [5.41, 5.74) is 7.68. The van der Waals surface area contributed by atoms with Crippen LogP contribution < -0.4 is 11.5 Å². The van der Waals surface area contributed by atoms with Crippen LogP contribution in [0.4, 0.5) is 0 Å². The quantitative estimate of drug-likeness (QED) is 0.282. The average Bonchev–Trinajstić information content (AvgIpc) is 2.08. The van der Waals surface area contributed by atoms with Crippen molar-refractivity contribution in [3.63, 3.8) is 0 Å². The molecule has 0 rings (SSSR count). The molecule has 0 fully saturated rings. The largest absolute Gasteiger partial charge is 0.466 e. The molecular formula is C10H20N2O4. The molecule has 0 aromatic rings. The number of hydrogen-bond acceptors (Lipinski definition) is 6. The van der Waals surface area contributed by atoms with E-state index in [0.29, 0.717) is 0 Å². The molecular weight excluding hydrogens is 212 g/mol. The minimum Gasteiger partial charge on any atom is -0.466 e. The lowest BCUT2D eigenvalue weighted by atomic mass is 9.86. The Kier molecular flexibility index (Phi) is 4.63. The molecule has 0 heterocycles. The third-order valence-electron chi connectivity index (χ3n) is 2.18. The van der Waals surface area contributed by atoms with Crippen LogP contribution in [0.25, 0.3) is 0 Å². The molecule has 2 atom stereocenters. The summed E-state index contributed by atoms with van der Waals surface area (Å²) in [7, 11) is 1.23. The number of ether oxygens (including phenoxy) is 1. The molecule has 0 amide bonds. The van der Waals surface area contributed by atoms with Crippen molar-refractivity contribution in [1.29, 1.82) is 0 Å². The van der Waals surface area contributed by atoms with Gasteiger partial charge >= 0.3 is 5.97 Å². The first-order valence-electron chi connectivity index (χ1n) is 4.79. The normalized spacial score (nSPS) is 21.9. The fourth-order valence-electron chi connectivity index (χ4n) is 1.41. The van der Waals surface area contributed by atoms with Crippen molar-refractivity contribution in [2.45, 2.75) is 32.2 Å². The van der Waals surface area contributed by atoms with E-state index in [0.717, 1.165) is 0 Å². The van der Waals surface area contributed by atoms with E-state index >= 15 is 0 Å². The number of rotatable bonds is 4. The molecule has 0 aliphatic carbocycles. The van der Waals surface area contributed by atoms with Crippen LogP contribution in [0, 0.1) is 5.92 Å². The molecule has 16 heavy (non-hydrogen) atoms. The number of hydrogen-bond donors (Lipinski definition) is 4. The molecule has 0 radical (unpaired) electrons. The smallest absolute Gasteiger partial charge is 0.333 e. The van der Waals surface area contributed by atoms with Gasteiger partial charge in [-0.05, 0) is 20.8 Å². The highest BCUT2D eigenvalue weighted by atomic mass is 16.5. The van der Waals surface area contributed by atoms with E-state index in [4.69, 9.17) is 11.5 Å². The lowest BCUT2D eigenvalue weighted by Crippen LogP contribution is -2.57. The van der Waals surface area contributed by atoms with Gasteiger partial charge < -0.3 is 26.4 Å². The maximum absolute atomic E-state index is 11.2. The van der Waals surface area contributed by atoms with Gasteiger partial charge in [-0.1, -0.05) is 6.08 Å². The Hall–Kier alpha value is -0.950. The van der Waals surface area contributed by atoms with Gasteiger partial charge in [-0.25, -0.2) is 4.79 Å². The zero-order valence-corrected chi connectivity index (χ0v) is 10.0. The van der Waals surface area contributed by atoms with E-state index in [1.807, 2.05) is 0 Å². The van der Waals surface area contributed by atoms with Crippen LogP contribution >= 0.6 is 0 Å². The van der Waals surface area contributed by atoms with Gasteiger partial charge in [0, 0.05) is 5.57 Å². The van der Waals surface area contributed by atoms with E-state index in [2.05, 4.69) is 4.74 Å². The lowest BCUT2D eigenvalue weighted by molar-refractivity contribution is -0.136. The minimum atomic E-state index is -1.74. The summed E-state index contributed by atoms with van der Waals surface area (Å²) in [6.07, 6.45) is 1.30. The van der Waals surface area contributed by atoms with Crippen molar-refractivity contribution in [2.24, 2.45) is 17.4 Å². The third-order valence-corrected chi connectivity index (χ3v) is 2.18. The number of esters is 1. The molecule has 6 N–H and O–H groups in total. The second kappa shape index (κ2) is 4.92. The Morgan fingerprint density at radius 3 is 1.94 bits per heavy atom. The number of carbonyl (C=O) groups is 1. The molecule has 0 saturated heterocycles. The van der Waals surface area contributed by atoms with Crippen molar-refractivity contribution < 1.29 is 19.7 Å². The fourth-order valence-corrected chi connectivity index (χ4v) is 1.41. The molecule has 0 bridgehead atoms. The van der Waals surface area contributed by atoms with E-state index in [9.17, 15) is 15.0 Å². The molecule has 0 spiro atoms. The standard InChI is InChI=1S/C10H20N2O4/c1-6(8(13)16-4)5-7(9(2,11)14)10(3,12)15/h5,7,14-15H,11-12H2,1-4H3. The Bertz CT molecular complexity index is 272. The van der Waals surface area contributed by atoms with Gasteiger partial charge in [-0.15, -0.1) is 0 Å². The molecule has 6 nitrogen and oxygen atoms in total. The molecule has 0 aliphatic heterocycles. The monoisotopic (exact) mass is 232 g/mol. The molecule has 0 aromatic heterocycles. The van der Waals surface area contributed by atoms with Gasteiger partial charge in [0.1, 0.15) is 11.4 Å². The maximum atomic E-state index is 11.2. The Morgan fingerprint density at radius 1 is 1.31 bits per heavy atom. The van der Waals surface area contributed by atoms with E-state index in [-0.39, 0.29) is 5.57 Å². The van der Waals surface area contributed by atoms with Crippen molar-refractivity contribution >= 4 is 5.97 Å². The predicted molar refractivity (Wildman–Crippen MR) is 58.9 cm³/mol. The van der Waals surface area contributed by atoms with Crippen molar-refractivity contribution in [2.75, 3.05) is 7.11 Å². The number of aliphatic hydroxyl groups is 2. The first kappa shape index (κ1) is 15.0. The topological polar surface area (TPSA) is 119 Å². The average molecular weight is 232 g/mol. The molecule has 6 heteroatoms. The SMILES string of the molecule is COC(=O)C(C)=CC(C(C)(N)O)C(C)(N)O. The summed E-state index contributed by atoms with van der Waals surface area (Å²) in [4.78, 5) is 11.2. The van der Waals surface area contributed by atoms with Gasteiger partial charge in [0.15, 0.2) is 0 Å². The number of carbonyl (C=O) groups excluding carboxylic acids is 1. The van der Waals surface area contributed by atoms with Crippen LogP contribution in [0.3, 0.4) is 0 Å². The summed E-state index contributed by atoms with van der Waals surface area (Å²) in [5, 5.41) is 19.3. The van der Waals surface area contributed by atoms with Gasteiger partial charge in [0.2, 0.25) is 0 Å². The summed E-state index contributed by atoms with van der Waals surface area (Å²) in [5.74, 6) is -1.57. The molecule has 0 saturated carbocycles. The second-order valence-electron chi connectivity index (χ2n) is 4.27. The van der Waals surface area contributed by atoms with Gasteiger partial charge in [0.05, 0.1) is 13.0 Å². The van der Waals surface area contributed by atoms with Crippen molar-refractivity contribution in [3.05, 3.63) is 11.6 Å². The fraction of sp³-hybridized carbons (Fsp3) is 0.700. The second-order valence-corrected chi connectivity index (χ2v) is 4.27. The van der Waals surface area contributed by atoms with Crippen molar-refractivity contribution in [3.8, 4) is 0 Å². The van der Waals surface area contributed by atoms with Crippen LogP contribution in [0.1, 0.15) is 20.8 Å². The third kappa shape index (κ3) is 4.28. The lowest BCUT2D eigenvalue weighted by Gasteiger charge is -2.35. The van der Waals surface area contributed by atoms with Crippen LogP contribution in [0.15, 0.2) is 11.6 Å². The summed E-state index contributed by atoms with van der Waals surface area (Å²) >= 11 is 0. The molecule has 0 aromatic carbocycles. The highest BCUT2D eigenvalue weighted by Crippen LogP contribution is 2.24. The van der Waals surface area contributed by atoms with Crippen LogP contribution in [-0.4, -0.2) is 34.7 Å². The highest BCUT2D eigenvalue weighted by Gasteiger charge is 2.38. The van der Waals surface area contributed by atoms with Gasteiger partial charge in [-0.3, -0.25) is 0 Å². The Morgan fingerprint density at radius 2 is 1.69 bits per heavy atom. The minimum absolute atomic E-state index is 0.212. The van der Waals surface area contributed by atoms with Crippen LogP contribution in [-0.2, 0) is 9.53 Å². The van der Waals surface area contributed by atoms with Crippen LogP contribution in [0.2, 0.25) is 0 Å². The number of methoxy groups -OCH3 is 1. The van der Waals surface area contributed by atoms with Gasteiger partial charge in [-0.2, -0.15) is 0 Å². The van der Waals surface area contributed by atoms with Gasteiger partial charge in [0.25, 0.3) is 0 Å². The zero-order valence-electron chi connectivity index (χ0n) is 10.0. The first-order chi connectivity index (χ1) is 7.00. The molecule has 0 aliphatic rings. The summed E-state index contributed by atoms with van der Waals surface area (Å²) in [6.45, 7) is 4.07. The molecule has 2 unspecified atom stereocenters. The first-order valence-corrected chi connectivity index (χ1v) is 4.79. The number of nitrogens with two attached hydrogens (primary N) is 2. The van der Waals surface area contributed by atoms with E-state index in [1.165, 1.54) is 34.0 Å². The molecule has 94 valence electrons. The Balaban J connectivity index is 5.18. The summed E-state index contributed by atoms with van der Waals surface area (Å²) in [6, 6.07) is 0. The highest BCUT2D eigenvalue weighted by molar-refractivity contribution is 5.87. The van der Waals surface area contributed by atoms with Crippen LogP contribution in [0.5, 0.6) is 0 Å². The van der Waals surface area contributed by atoms with E-state index in [1.54, 1.807) is 0 Å².